The Morgan fingerprint density at radius 2 is 1.61 bits per heavy atom. The second-order valence-corrected chi connectivity index (χ2v) is 8.01. The third-order valence-electron chi connectivity index (χ3n) is 5.70. The number of piperazine rings is 1. The van der Waals surface area contributed by atoms with Crippen LogP contribution in [0.5, 0.6) is 0 Å². The van der Waals surface area contributed by atoms with Crippen LogP contribution in [-0.4, -0.2) is 85.9 Å². The lowest BCUT2D eigenvalue weighted by Gasteiger charge is -2.36. The summed E-state index contributed by atoms with van der Waals surface area (Å²) in [6.07, 6.45) is -0.599. The van der Waals surface area contributed by atoms with Crippen molar-refractivity contribution in [2.75, 3.05) is 68.8 Å². The van der Waals surface area contributed by atoms with Crippen molar-refractivity contribution >= 4 is 23.6 Å². The van der Waals surface area contributed by atoms with E-state index in [0.29, 0.717) is 39.4 Å². The first-order chi connectivity index (χ1) is 16.1. The Bertz CT molecular complexity index is 943. The van der Waals surface area contributed by atoms with Crippen molar-refractivity contribution < 1.29 is 19.1 Å². The summed E-state index contributed by atoms with van der Waals surface area (Å²) in [4.78, 5) is 39.8. The molecule has 1 aromatic heterocycles. The Kier molecular flexibility index (Phi) is 7.56. The third kappa shape index (κ3) is 6.32. The highest BCUT2D eigenvalue weighted by molar-refractivity contribution is 5.82. The SMILES string of the molecule is Cc1nc(N2CCOCC2)cc(N2CCN(C(=O)CNC(=O)OCc3ccccc3)CC2)n1. The molecule has 2 amide bonds. The van der Waals surface area contributed by atoms with Crippen LogP contribution in [-0.2, 0) is 20.9 Å². The van der Waals surface area contributed by atoms with Gasteiger partial charge in [0.05, 0.1) is 13.2 Å². The van der Waals surface area contributed by atoms with E-state index in [1.54, 1.807) is 4.90 Å². The van der Waals surface area contributed by atoms with Gasteiger partial charge in [-0.2, -0.15) is 0 Å². The minimum atomic E-state index is -0.599. The Balaban J connectivity index is 1.23. The lowest BCUT2D eigenvalue weighted by molar-refractivity contribution is -0.130. The fourth-order valence-electron chi connectivity index (χ4n) is 3.87. The molecule has 0 spiro atoms. The Labute approximate surface area is 193 Å². The van der Waals surface area contributed by atoms with Crippen molar-refractivity contribution in [3.8, 4) is 0 Å². The minimum Gasteiger partial charge on any atom is -0.445 e. The molecule has 0 bridgehead atoms. The molecule has 2 fully saturated rings. The fraction of sp³-hybridized carbons (Fsp3) is 0.478. The lowest BCUT2D eigenvalue weighted by Crippen LogP contribution is -2.51. The zero-order valence-corrected chi connectivity index (χ0v) is 18.9. The van der Waals surface area contributed by atoms with E-state index in [1.165, 1.54) is 0 Å². The van der Waals surface area contributed by atoms with Crippen LogP contribution in [0.15, 0.2) is 36.4 Å². The van der Waals surface area contributed by atoms with Gasteiger partial charge in [0.15, 0.2) is 0 Å². The number of rotatable bonds is 6. The maximum atomic E-state index is 12.5. The number of morpholine rings is 1. The van der Waals surface area contributed by atoms with Crippen LogP contribution in [0.1, 0.15) is 11.4 Å². The van der Waals surface area contributed by atoms with Gasteiger partial charge in [-0.15, -0.1) is 0 Å². The van der Waals surface area contributed by atoms with E-state index in [9.17, 15) is 9.59 Å². The van der Waals surface area contributed by atoms with E-state index in [2.05, 4.69) is 25.1 Å². The highest BCUT2D eigenvalue weighted by atomic mass is 16.5. The van der Waals surface area contributed by atoms with Crippen molar-refractivity contribution in [3.63, 3.8) is 0 Å². The molecule has 33 heavy (non-hydrogen) atoms. The number of anilines is 2. The molecule has 4 rings (SSSR count). The predicted molar refractivity (Wildman–Crippen MR) is 123 cm³/mol. The largest absolute Gasteiger partial charge is 0.445 e. The van der Waals surface area contributed by atoms with E-state index >= 15 is 0 Å². The summed E-state index contributed by atoms with van der Waals surface area (Å²) in [5.74, 6) is 2.39. The highest BCUT2D eigenvalue weighted by Gasteiger charge is 2.24. The summed E-state index contributed by atoms with van der Waals surface area (Å²) in [5.41, 5.74) is 0.895. The van der Waals surface area contributed by atoms with Gasteiger partial charge in [-0.05, 0) is 12.5 Å². The maximum Gasteiger partial charge on any atom is 0.407 e. The number of aromatic nitrogens is 2. The second-order valence-electron chi connectivity index (χ2n) is 8.01. The van der Waals surface area contributed by atoms with Crippen LogP contribution in [0.4, 0.5) is 16.4 Å². The molecular formula is C23H30N6O4. The number of alkyl carbamates (subject to hydrolysis) is 1. The molecule has 0 atom stereocenters. The summed E-state index contributed by atoms with van der Waals surface area (Å²) in [6.45, 7) is 7.50. The van der Waals surface area contributed by atoms with Crippen molar-refractivity contribution in [1.29, 1.82) is 0 Å². The van der Waals surface area contributed by atoms with Gasteiger partial charge < -0.3 is 29.5 Å². The number of carbonyl (C=O) groups is 2. The Morgan fingerprint density at radius 1 is 0.970 bits per heavy atom. The number of hydrogen-bond acceptors (Lipinski definition) is 8. The maximum absolute atomic E-state index is 12.5. The van der Waals surface area contributed by atoms with Crippen molar-refractivity contribution in [2.45, 2.75) is 13.5 Å². The Morgan fingerprint density at radius 3 is 2.27 bits per heavy atom. The van der Waals surface area contributed by atoms with Gasteiger partial charge in [0.2, 0.25) is 5.91 Å². The highest BCUT2D eigenvalue weighted by Crippen LogP contribution is 2.21. The van der Waals surface area contributed by atoms with Gasteiger partial charge in [-0.1, -0.05) is 30.3 Å². The summed E-state index contributed by atoms with van der Waals surface area (Å²) >= 11 is 0. The number of aryl methyl sites for hydroxylation is 1. The van der Waals surface area contributed by atoms with Gasteiger partial charge in [0, 0.05) is 45.3 Å². The van der Waals surface area contributed by atoms with Crippen LogP contribution in [0.2, 0.25) is 0 Å². The predicted octanol–water partition coefficient (Wildman–Crippen LogP) is 1.20. The average molecular weight is 455 g/mol. The molecule has 0 saturated carbocycles. The van der Waals surface area contributed by atoms with Gasteiger partial charge in [-0.25, -0.2) is 14.8 Å². The molecule has 2 aliphatic heterocycles. The van der Waals surface area contributed by atoms with Crippen LogP contribution in [0.25, 0.3) is 0 Å². The molecule has 10 nitrogen and oxygen atoms in total. The van der Waals surface area contributed by atoms with Crippen molar-refractivity contribution in [3.05, 3.63) is 47.8 Å². The van der Waals surface area contributed by atoms with Gasteiger partial charge in [0.25, 0.3) is 0 Å². The minimum absolute atomic E-state index is 0.0819. The van der Waals surface area contributed by atoms with Crippen LogP contribution >= 0.6 is 0 Å². The fourth-order valence-corrected chi connectivity index (χ4v) is 3.87. The van der Waals surface area contributed by atoms with E-state index in [0.717, 1.165) is 36.1 Å². The topological polar surface area (TPSA) is 100 Å². The van der Waals surface area contributed by atoms with E-state index in [4.69, 9.17) is 9.47 Å². The second kappa shape index (κ2) is 11.0. The first-order valence-electron chi connectivity index (χ1n) is 11.2. The molecule has 0 radical (unpaired) electrons. The van der Waals surface area contributed by atoms with E-state index in [-0.39, 0.29) is 19.1 Å². The smallest absolute Gasteiger partial charge is 0.407 e. The number of carbonyl (C=O) groups excluding carboxylic acids is 2. The number of hydrogen-bond donors (Lipinski definition) is 1. The molecule has 1 N–H and O–H groups in total. The van der Waals surface area contributed by atoms with Crippen LogP contribution in [0, 0.1) is 6.92 Å². The number of ether oxygens (including phenoxy) is 2. The summed E-state index contributed by atoms with van der Waals surface area (Å²) in [6, 6.07) is 11.4. The standard InChI is InChI=1S/C23H30N6O4/c1-18-25-20(15-21(26-18)28-11-13-32-14-12-28)27-7-9-29(10-8-27)22(30)16-24-23(31)33-17-19-5-3-2-4-6-19/h2-6,15H,7-14,16-17H2,1H3,(H,24,31). The molecule has 176 valence electrons. The van der Waals surface area contributed by atoms with Crippen LogP contribution in [0.3, 0.4) is 0 Å². The average Bonchev–Trinajstić information content (AvgIpc) is 2.87. The summed E-state index contributed by atoms with van der Waals surface area (Å²) < 4.78 is 10.6. The first-order valence-corrected chi connectivity index (χ1v) is 11.2. The van der Waals surface area contributed by atoms with Crippen LogP contribution < -0.4 is 15.1 Å². The lowest BCUT2D eigenvalue weighted by atomic mass is 10.2. The monoisotopic (exact) mass is 454 g/mol. The van der Waals surface area contributed by atoms with E-state index in [1.807, 2.05) is 43.3 Å². The van der Waals surface area contributed by atoms with Crippen molar-refractivity contribution in [1.82, 2.24) is 20.2 Å². The number of nitrogens with one attached hydrogen (secondary N) is 1. The quantitative estimate of drug-likeness (QED) is 0.695. The molecule has 1 aromatic carbocycles. The molecule has 2 saturated heterocycles. The summed E-state index contributed by atoms with van der Waals surface area (Å²) in [5, 5.41) is 2.54. The first kappa shape index (κ1) is 22.8. The van der Waals surface area contributed by atoms with Gasteiger partial charge in [-0.3, -0.25) is 4.79 Å². The van der Waals surface area contributed by atoms with Gasteiger partial charge in [0.1, 0.15) is 30.6 Å². The number of nitrogens with zero attached hydrogens (tertiary/aromatic N) is 5. The molecular weight excluding hydrogens is 424 g/mol. The zero-order valence-electron chi connectivity index (χ0n) is 18.9. The number of amides is 2. The van der Waals surface area contributed by atoms with E-state index < -0.39 is 6.09 Å². The van der Waals surface area contributed by atoms with Gasteiger partial charge >= 0.3 is 6.09 Å². The third-order valence-corrected chi connectivity index (χ3v) is 5.70. The molecule has 3 heterocycles. The Hall–Kier alpha value is -3.40. The molecule has 0 aliphatic carbocycles. The summed E-state index contributed by atoms with van der Waals surface area (Å²) in [7, 11) is 0. The molecule has 10 heteroatoms. The molecule has 0 unspecified atom stereocenters. The molecule has 2 aromatic rings. The number of benzene rings is 1. The zero-order chi connectivity index (χ0) is 23.0. The van der Waals surface area contributed by atoms with Crippen molar-refractivity contribution in [2.24, 2.45) is 0 Å². The molecule has 2 aliphatic rings. The normalized spacial score (nSPS) is 16.5.